The molecule has 0 atom stereocenters. The van der Waals surface area contributed by atoms with E-state index in [-0.39, 0.29) is 0 Å². The standard InChI is InChI=1S/C19H27N5/c1-14(2)19-20-6-5-17(22-19)13-23-7-9-24(10-8-23)18-11-15(3)21-16(4)12-18/h5-6,11-12,14H,7-10,13H2,1-4H3. The molecule has 5 heteroatoms. The van der Waals surface area contributed by atoms with Crippen molar-refractivity contribution in [2.45, 2.75) is 40.2 Å². The number of piperazine rings is 1. The van der Waals surface area contributed by atoms with Crippen LogP contribution in [0.3, 0.4) is 0 Å². The zero-order valence-corrected chi connectivity index (χ0v) is 15.2. The van der Waals surface area contributed by atoms with Crippen LogP contribution in [0.2, 0.25) is 0 Å². The number of pyridine rings is 1. The summed E-state index contributed by atoms with van der Waals surface area (Å²) in [4.78, 5) is 18.5. The summed E-state index contributed by atoms with van der Waals surface area (Å²) in [5.41, 5.74) is 4.60. The molecule has 0 N–H and O–H groups in total. The molecular formula is C19H27N5. The quantitative estimate of drug-likeness (QED) is 0.865. The number of aryl methyl sites for hydroxylation is 2. The molecule has 0 spiro atoms. The molecule has 1 aliphatic rings. The summed E-state index contributed by atoms with van der Waals surface area (Å²) in [7, 11) is 0. The minimum Gasteiger partial charge on any atom is -0.369 e. The van der Waals surface area contributed by atoms with Gasteiger partial charge in [-0.3, -0.25) is 9.88 Å². The minimum atomic E-state index is 0.375. The van der Waals surface area contributed by atoms with E-state index in [4.69, 9.17) is 4.98 Å². The average molecular weight is 325 g/mol. The zero-order valence-electron chi connectivity index (χ0n) is 15.2. The molecule has 1 saturated heterocycles. The second kappa shape index (κ2) is 7.26. The molecule has 2 aromatic rings. The number of rotatable bonds is 4. The molecule has 0 unspecified atom stereocenters. The molecule has 1 fully saturated rings. The van der Waals surface area contributed by atoms with Crippen LogP contribution in [-0.2, 0) is 6.54 Å². The van der Waals surface area contributed by atoms with Crippen molar-refractivity contribution in [1.29, 1.82) is 0 Å². The largest absolute Gasteiger partial charge is 0.369 e. The molecule has 0 saturated carbocycles. The maximum atomic E-state index is 4.69. The Labute approximate surface area is 144 Å². The smallest absolute Gasteiger partial charge is 0.131 e. The highest BCUT2D eigenvalue weighted by Crippen LogP contribution is 2.19. The van der Waals surface area contributed by atoms with Crippen molar-refractivity contribution >= 4 is 5.69 Å². The molecule has 0 radical (unpaired) electrons. The van der Waals surface area contributed by atoms with Crippen molar-refractivity contribution < 1.29 is 0 Å². The van der Waals surface area contributed by atoms with Crippen molar-refractivity contribution in [3.05, 3.63) is 47.3 Å². The van der Waals surface area contributed by atoms with Gasteiger partial charge in [0.25, 0.3) is 0 Å². The summed E-state index contributed by atoms with van der Waals surface area (Å²) in [6, 6.07) is 6.40. The summed E-state index contributed by atoms with van der Waals surface area (Å²) in [5.74, 6) is 1.31. The minimum absolute atomic E-state index is 0.375. The van der Waals surface area contributed by atoms with E-state index in [1.54, 1.807) is 0 Å². The third-order valence-electron chi connectivity index (χ3n) is 4.44. The molecule has 3 rings (SSSR count). The molecule has 3 heterocycles. The number of hydrogen-bond acceptors (Lipinski definition) is 5. The van der Waals surface area contributed by atoms with E-state index in [1.165, 1.54) is 5.69 Å². The lowest BCUT2D eigenvalue weighted by Gasteiger charge is -2.36. The number of anilines is 1. The van der Waals surface area contributed by atoms with Crippen LogP contribution in [0.25, 0.3) is 0 Å². The zero-order chi connectivity index (χ0) is 17.1. The van der Waals surface area contributed by atoms with Crippen molar-refractivity contribution in [2.24, 2.45) is 0 Å². The van der Waals surface area contributed by atoms with Gasteiger partial charge in [-0.25, -0.2) is 9.97 Å². The van der Waals surface area contributed by atoms with Crippen LogP contribution < -0.4 is 4.90 Å². The Balaban J connectivity index is 1.60. The Bertz CT molecular complexity index is 670. The van der Waals surface area contributed by atoms with Gasteiger partial charge >= 0.3 is 0 Å². The van der Waals surface area contributed by atoms with Crippen LogP contribution in [0.4, 0.5) is 5.69 Å². The number of aromatic nitrogens is 3. The Morgan fingerprint density at radius 3 is 2.29 bits per heavy atom. The number of hydrogen-bond donors (Lipinski definition) is 0. The highest BCUT2D eigenvalue weighted by atomic mass is 15.3. The molecule has 0 amide bonds. The van der Waals surface area contributed by atoms with Gasteiger partial charge in [0.1, 0.15) is 5.82 Å². The second-order valence-electron chi connectivity index (χ2n) is 6.93. The molecule has 24 heavy (non-hydrogen) atoms. The van der Waals surface area contributed by atoms with Crippen LogP contribution in [0.5, 0.6) is 0 Å². The summed E-state index contributed by atoms with van der Waals surface area (Å²) in [6.07, 6.45) is 1.89. The summed E-state index contributed by atoms with van der Waals surface area (Å²) >= 11 is 0. The summed E-state index contributed by atoms with van der Waals surface area (Å²) < 4.78 is 0. The molecule has 0 aromatic carbocycles. The van der Waals surface area contributed by atoms with E-state index in [9.17, 15) is 0 Å². The Morgan fingerprint density at radius 2 is 1.67 bits per heavy atom. The van der Waals surface area contributed by atoms with Gasteiger partial charge in [0, 0.05) is 61.9 Å². The fraction of sp³-hybridized carbons (Fsp3) is 0.526. The van der Waals surface area contributed by atoms with Gasteiger partial charge in [-0.15, -0.1) is 0 Å². The Hall–Kier alpha value is -2.01. The van der Waals surface area contributed by atoms with Crippen LogP contribution >= 0.6 is 0 Å². The SMILES string of the molecule is Cc1cc(N2CCN(Cc3ccnc(C(C)C)n3)CC2)cc(C)n1. The fourth-order valence-corrected chi connectivity index (χ4v) is 3.17. The molecular weight excluding hydrogens is 298 g/mol. The summed E-state index contributed by atoms with van der Waals surface area (Å²) in [6.45, 7) is 13.5. The lowest BCUT2D eigenvalue weighted by atomic mass is 10.2. The third kappa shape index (κ3) is 4.09. The predicted octanol–water partition coefficient (Wildman–Crippen LogP) is 2.93. The first-order valence-electron chi connectivity index (χ1n) is 8.75. The van der Waals surface area contributed by atoms with Gasteiger partial charge in [-0.1, -0.05) is 13.8 Å². The molecule has 128 valence electrons. The lowest BCUT2D eigenvalue weighted by Crippen LogP contribution is -2.46. The van der Waals surface area contributed by atoms with Crippen LogP contribution in [-0.4, -0.2) is 46.0 Å². The van der Waals surface area contributed by atoms with Gasteiger partial charge in [0.2, 0.25) is 0 Å². The van der Waals surface area contributed by atoms with Gasteiger partial charge < -0.3 is 4.90 Å². The average Bonchev–Trinajstić information content (AvgIpc) is 2.55. The lowest BCUT2D eigenvalue weighted by molar-refractivity contribution is 0.246. The van der Waals surface area contributed by atoms with Crippen molar-refractivity contribution in [3.8, 4) is 0 Å². The van der Waals surface area contributed by atoms with Crippen molar-refractivity contribution in [3.63, 3.8) is 0 Å². The van der Waals surface area contributed by atoms with Crippen LogP contribution in [0.1, 0.15) is 42.7 Å². The van der Waals surface area contributed by atoms with Gasteiger partial charge in [-0.2, -0.15) is 0 Å². The first-order valence-corrected chi connectivity index (χ1v) is 8.75. The second-order valence-corrected chi connectivity index (χ2v) is 6.93. The Morgan fingerprint density at radius 1 is 1.00 bits per heavy atom. The molecule has 1 aliphatic heterocycles. The highest BCUT2D eigenvalue weighted by molar-refractivity contribution is 5.48. The highest BCUT2D eigenvalue weighted by Gasteiger charge is 2.18. The van der Waals surface area contributed by atoms with Crippen LogP contribution in [0.15, 0.2) is 24.4 Å². The van der Waals surface area contributed by atoms with Crippen LogP contribution in [0, 0.1) is 13.8 Å². The predicted molar refractivity (Wildman–Crippen MR) is 97.3 cm³/mol. The van der Waals surface area contributed by atoms with Gasteiger partial charge in [-0.05, 0) is 32.0 Å². The first kappa shape index (κ1) is 16.8. The van der Waals surface area contributed by atoms with Crippen molar-refractivity contribution in [2.75, 3.05) is 31.1 Å². The first-order chi connectivity index (χ1) is 11.5. The topological polar surface area (TPSA) is 45.2 Å². The maximum Gasteiger partial charge on any atom is 0.131 e. The van der Waals surface area contributed by atoms with E-state index in [0.717, 1.165) is 55.6 Å². The fourth-order valence-electron chi connectivity index (χ4n) is 3.17. The van der Waals surface area contributed by atoms with E-state index in [2.05, 4.69) is 59.6 Å². The van der Waals surface area contributed by atoms with Gasteiger partial charge in [0.05, 0.1) is 5.69 Å². The number of nitrogens with zero attached hydrogens (tertiary/aromatic N) is 5. The molecule has 2 aromatic heterocycles. The van der Waals surface area contributed by atoms with Gasteiger partial charge in [0.15, 0.2) is 0 Å². The maximum absolute atomic E-state index is 4.69. The van der Waals surface area contributed by atoms with E-state index >= 15 is 0 Å². The normalized spacial score (nSPS) is 16.0. The van der Waals surface area contributed by atoms with Crippen molar-refractivity contribution in [1.82, 2.24) is 19.9 Å². The summed E-state index contributed by atoms with van der Waals surface area (Å²) in [5, 5.41) is 0. The third-order valence-corrected chi connectivity index (χ3v) is 4.44. The molecule has 5 nitrogen and oxygen atoms in total. The van der Waals surface area contributed by atoms with E-state index < -0.39 is 0 Å². The van der Waals surface area contributed by atoms with E-state index in [0.29, 0.717) is 5.92 Å². The molecule has 0 bridgehead atoms. The van der Waals surface area contributed by atoms with E-state index in [1.807, 2.05) is 12.3 Å². The Kier molecular flexibility index (Phi) is 5.09. The monoisotopic (exact) mass is 325 g/mol. The molecule has 0 aliphatic carbocycles.